The van der Waals surface area contributed by atoms with Gasteiger partial charge in [-0.25, -0.2) is 4.39 Å². The maximum absolute atomic E-state index is 13.8. The third-order valence-electron chi connectivity index (χ3n) is 3.56. The molecule has 2 nitrogen and oxygen atoms in total. The van der Waals surface area contributed by atoms with Gasteiger partial charge in [0.15, 0.2) is 0 Å². The van der Waals surface area contributed by atoms with E-state index in [1.807, 2.05) is 60.7 Å². The van der Waals surface area contributed by atoms with Crippen molar-refractivity contribution in [2.24, 2.45) is 0 Å². The van der Waals surface area contributed by atoms with E-state index in [0.717, 1.165) is 11.1 Å². The molecule has 3 aromatic rings. The van der Waals surface area contributed by atoms with Gasteiger partial charge in [0, 0.05) is 5.57 Å². The van der Waals surface area contributed by atoms with Crippen LogP contribution in [-0.4, -0.2) is 5.91 Å². The molecular formula is C21H16FNO. The molecule has 0 aliphatic rings. The van der Waals surface area contributed by atoms with Crippen LogP contribution in [0.3, 0.4) is 0 Å². The molecule has 0 aliphatic carbocycles. The summed E-state index contributed by atoms with van der Waals surface area (Å²) >= 11 is 0. The molecule has 0 bridgehead atoms. The van der Waals surface area contributed by atoms with Crippen LogP contribution in [0, 0.1) is 5.82 Å². The maximum Gasteiger partial charge on any atom is 0.256 e. The molecule has 3 rings (SSSR count). The number of carbonyl (C=O) groups is 1. The van der Waals surface area contributed by atoms with Crippen LogP contribution in [0.2, 0.25) is 0 Å². The predicted octanol–water partition coefficient (Wildman–Crippen LogP) is 5.01. The van der Waals surface area contributed by atoms with Crippen LogP contribution in [-0.2, 0) is 4.79 Å². The summed E-state index contributed by atoms with van der Waals surface area (Å²) < 4.78 is 13.8. The fraction of sp³-hybridized carbons (Fsp3) is 0. The first-order valence-corrected chi connectivity index (χ1v) is 7.62. The Morgan fingerprint density at radius 3 is 2.04 bits per heavy atom. The fourth-order valence-electron chi connectivity index (χ4n) is 2.37. The Morgan fingerprint density at radius 2 is 1.38 bits per heavy atom. The summed E-state index contributed by atoms with van der Waals surface area (Å²) in [6, 6.07) is 25.0. The Morgan fingerprint density at radius 1 is 0.792 bits per heavy atom. The van der Waals surface area contributed by atoms with Gasteiger partial charge in [0.2, 0.25) is 0 Å². The lowest BCUT2D eigenvalue weighted by molar-refractivity contribution is -0.111. The van der Waals surface area contributed by atoms with E-state index in [-0.39, 0.29) is 11.6 Å². The van der Waals surface area contributed by atoms with Gasteiger partial charge >= 0.3 is 0 Å². The Labute approximate surface area is 140 Å². The van der Waals surface area contributed by atoms with Gasteiger partial charge in [-0.15, -0.1) is 0 Å². The summed E-state index contributed by atoms with van der Waals surface area (Å²) in [5.74, 6) is -0.812. The van der Waals surface area contributed by atoms with E-state index in [1.54, 1.807) is 24.3 Å². The molecule has 3 aromatic carbocycles. The van der Waals surface area contributed by atoms with Crippen LogP contribution in [0.15, 0.2) is 84.9 Å². The summed E-state index contributed by atoms with van der Waals surface area (Å²) in [7, 11) is 0. The van der Waals surface area contributed by atoms with E-state index in [2.05, 4.69) is 5.32 Å². The summed E-state index contributed by atoms with van der Waals surface area (Å²) in [6.45, 7) is 0. The molecule has 0 saturated heterocycles. The largest absolute Gasteiger partial charge is 0.319 e. The van der Waals surface area contributed by atoms with Crippen molar-refractivity contribution < 1.29 is 9.18 Å². The molecule has 0 radical (unpaired) electrons. The van der Waals surface area contributed by atoms with Crippen LogP contribution < -0.4 is 5.32 Å². The zero-order chi connectivity index (χ0) is 16.8. The van der Waals surface area contributed by atoms with Gasteiger partial charge in [0.25, 0.3) is 5.91 Å². The van der Waals surface area contributed by atoms with Crippen molar-refractivity contribution in [3.05, 3.63) is 102 Å². The van der Waals surface area contributed by atoms with Gasteiger partial charge in [-0.3, -0.25) is 4.79 Å². The Balaban J connectivity index is 1.97. The first-order chi connectivity index (χ1) is 11.7. The number of amides is 1. The maximum atomic E-state index is 13.8. The molecule has 0 saturated carbocycles. The number of rotatable bonds is 4. The second kappa shape index (κ2) is 7.38. The smallest absolute Gasteiger partial charge is 0.256 e. The number of nitrogens with one attached hydrogen (secondary N) is 1. The minimum Gasteiger partial charge on any atom is -0.319 e. The Hall–Kier alpha value is -3.20. The number of hydrogen-bond acceptors (Lipinski definition) is 1. The molecule has 3 heteroatoms. The molecular weight excluding hydrogens is 301 g/mol. The number of halogens is 1. The SMILES string of the molecule is O=C(Nc1ccccc1F)/C(=C/c1ccccc1)c1ccccc1. The van der Waals surface area contributed by atoms with Crippen LogP contribution in [0.4, 0.5) is 10.1 Å². The minimum atomic E-state index is -0.460. The summed E-state index contributed by atoms with van der Waals surface area (Å²) in [4.78, 5) is 12.7. The molecule has 0 aliphatic heterocycles. The second-order valence-corrected chi connectivity index (χ2v) is 5.27. The molecule has 0 fully saturated rings. The highest BCUT2D eigenvalue weighted by molar-refractivity contribution is 6.29. The highest BCUT2D eigenvalue weighted by Crippen LogP contribution is 2.21. The summed E-state index contributed by atoms with van der Waals surface area (Å²) in [5, 5.41) is 2.65. The number of para-hydroxylation sites is 1. The lowest BCUT2D eigenvalue weighted by atomic mass is 10.0. The van der Waals surface area contributed by atoms with Crippen molar-refractivity contribution >= 4 is 23.2 Å². The Kier molecular flexibility index (Phi) is 4.82. The number of benzene rings is 3. The van der Waals surface area contributed by atoms with Gasteiger partial charge in [-0.2, -0.15) is 0 Å². The van der Waals surface area contributed by atoms with E-state index in [9.17, 15) is 9.18 Å². The summed E-state index contributed by atoms with van der Waals surface area (Å²) in [6.07, 6.45) is 1.80. The average molecular weight is 317 g/mol. The van der Waals surface area contributed by atoms with Crippen molar-refractivity contribution in [1.82, 2.24) is 0 Å². The monoisotopic (exact) mass is 317 g/mol. The number of hydrogen-bond donors (Lipinski definition) is 1. The third-order valence-corrected chi connectivity index (χ3v) is 3.56. The van der Waals surface area contributed by atoms with Crippen molar-refractivity contribution in [3.63, 3.8) is 0 Å². The lowest BCUT2D eigenvalue weighted by Gasteiger charge is -2.10. The molecule has 0 heterocycles. The van der Waals surface area contributed by atoms with Gasteiger partial charge in [-0.1, -0.05) is 72.8 Å². The summed E-state index contributed by atoms with van der Waals surface area (Å²) in [5.41, 5.74) is 2.32. The van der Waals surface area contributed by atoms with E-state index >= 15 is 0 Å². The zero-order valence-corrected chi connectivity index (χ0v) is 12.9. The van der Waals surface area contributed by atoms with Crippen molar-refractivity contribution in [3.8, 4) is 0 Å². The first kappa shape index (κ1) is 15.7. The number of anilines is 1. The topological polar surface area (TPSA) is 29.1 Å². The second-order valence-electron chi connectivity index (χ2n) is 5.27. The van der Waals surface area contributed by atoms with Crippen molar-refractivity contribution in [1.29, 1.82) is 0 Å². The van der Waals surface area contributed by atoms with Crippen LogP contribution in [0.25, 0.3) is 11.6 Å². The number of carbonyl (C=O) groups excluding carboxylic acids is 1. The fourth-order valence-corrected chi connectivity index (χ4v) is 2.37. The van der Waals surface area contributed by atoms with Gasteiger partial charge in [-0.05, 0) is 29.3 Å². The van der Waals surface area contributed by atoms with Crippen molar-refractivity contribution in [2.45, 2.75) is 0 Å². The average Bonchev–Trinajstić information content (AvgIpc) is 2.63. The predicted molar refractivity (Wildman–Crippen MR) is 95.8 cm³/mol. The highest BCUT2D eigenvalue weighted by atomic mass is 19.1. The highest BCUT2D eigenvalue weighted by Gasteiger charge is 2.14. The molecule has 0 aromatic heterocycles. The van der Waals surface area contributed by atoms with Gasteiger partial charge in [0.05, 0.1) is 5.69 Å². The zero-order valence-electron chi connectivity index (χ0n) is 12.9. The van der Waals surface area contributed by atoms with Crippen molar-refractivity contribution in [2.75, 3.05) is 5.32 Å². The van der Waals surface area contributed by atoms with E-state index in [4.69, 9.17) is 0 Å². The molecule has 118 valence electrons. The van der Waals surface area contributed by atoms with E-state index < -0.39 is 5.82 Å². The quantitative estimate of drug-likeness (QED) is 0.532. The molecule has 0 atom stereocenters. The normalized spacial score (nSPS) is 11.1. The molecule has 0 spiro atoms. The molecule has 0 unspecified atom stereocenters. The lowest BCUT2D eigenvalue weighted by Crippen LogP contribution is -2.14. The minimum absolute atomic E-state index is 0.164. The van der Waals surface area contributed by atoms with Gasteiger partial charge < -0.3 is 5.32 Å². The van der Waals surface area contributed by atoms with Gasteiger partial charge in [0.1, 0.15) is 5.82 Å². The van der Waals surface area contributed by atoms with E-state index in [1.165, 1.54) is 6.07 Å². The van der Waals surface area contributed by atoms with Crippen LogP contribution >= 0.6 is 0 Å². The van der Waals surface area contributed by atoms with Crippen LogP contribution in [0.5, 0.6) is 0 Å². The molecule has 1 amide bonds. The molecule has 1 N–H and O–H groups in total. The van der Waals surface area contributed by atoms with E-state index in [0.29, 0.717) is 5.57 Å². The third kappa shape index (κ3) is 3.76. The molecule has 24 heavy (non-hydrogen) atoms. The standard InChI is InChI=1S/C21H16FNO/c22-19-13-7-8-14-20(19)23-21(24)18(17-11-5-2-6-12-17)15-16-9-3-1-4-10-16/h1-15H,(H,23,24)/b18-15+. The Bertz CT molecular complexity index is 857. The first-order valence-electron chi connectivity index (χ1n) is 7.62. The van der Waals surface area contributed by atoms with Crippen LogP contribution in [0.1, 0.15) is 11.1 Å².